The van der Waals surface area contributed by atoms with Crippen molar-refractivity contribution in [2.45, 2.75) is 26.2 Å². The van der Waals surface area contributed by atoms with Crippen LogP contribution in [0.25, 0.3) is 10.9 Å². The maximum absolute atomic E-state index is 9.65. The fraction of sp³-hybridized carbons (Fsp3) is 0.533. The maximum Gasteiger partial charge on any atom is 0.0710 e. The van der Waals surface area contributed by atoms with E-state index in [1.807, 2.05) is 36.0 Å². The molecule has 1 aromatic heterocycles. The second-order valence-corrected chi connectivity index (χ2v) is 5.33. The molecule has 1 aromatic carbocycles. The van der Waals surface area contributed by atoms with E-state index in [-0.39, 0.29) is 13.2 Å². The van der Waals surface area contributed by atoms with Crippen molar-refractivity contribution in [3.63, 3.8) is 0 Å². The molecule has 0 bridgehead atoms. The summed E-state index contributed by atoms with van der Waals surface area (Å²) in [5.74, 6) is 0. The molecular weight excluding hydrogens is 240 g/mol. The van der Waals surface area contributed by atoms with E-state index in [0.29, 0.717) is 6.42 Å². The molecule has 0 fully saturated rings. The molecule has 1 heterocycles. The van der Waals surface area contributed by atoms with Crippen LogP contribution in [0.2, 0.25) is 0 Å². The Hall–Kier alpha value is -1.39. The predicted molar refractivity (Wildman–Crippen MR) is 75.9 cm³/mol. The van der Waals surface area contributed by atoms with E-state index in [4.69, 9.17) is 0 Å². The lowest BCUT2D eigenvalue weighted by molar-refractivity contribution is 0.0460. The minimum Gasteiger partial charge on any atom is -0.396 e. The molecule has 0 saturated heterocycles. The van der Waals surface area contributed by atoms with Gasteiger partial charge in [-0.1, -0.05) is 31.5 Å². The zero-order valence-electron chi connectivity index (χ0n) is 11.6. The summed E-state index contributed by atoms with van der Waals surface area (Å²) in [5, 5.41) is 25.0. The number of para-hydroxylation sites is 1. The van der Waals surface area contributed by atoms with Gasteiger partial charge in [0.15, 0.2) is 0 Å². The molecule has 0 spiro atoms. The number of fused-ring (bicyclic) bond motifs is 1. The molecule has 0 radical (unpaired) electrons. The van der Waals surface area contributed by atoms with Crippen molar-refractivity contribution in [1.82, 2.24) is 9.78 Å². The van der Waals surface area contributed by atoms with Gasteiger partial charge in [0.25, 0.3) is 0 Å². The van der Waals surface area contributed by atoms with Crippen molar-refractivity contribution >= 4 is 10.9 Å². The maximum atomic E-state index is 9.65. The highest BCUT2D eigenvalue weighted by atomic mass is 16.3. The standard InChI is InChI=1S/C15H22N2O2/c1-3-8-15(10-18,11-19)9-13-12-6-4-5-7-14(12)17(2)16-13/h4-7,18-19H,3,8-11H2,1-2H3. The molecule has 0 unspecified atom stereocenters. The normalized spacial score (nSPS) is 12.2. The van der Waals surface area contributed by atoms with Gasteiger partial charge in [-0.05, 0) is 12.5 Å². The Labute approximate surface area is 113 Å². The number of rotatable bonds is 6. The summed E-state index contributed by atoms with van der Waals surface area (Å²) in [4.78, 5) is 0. The number of benzene rings is 1. The largest absolute Gasteiger partial charge is 0.396 e. The molecule has 19 heavy (non-hydrogen) atoms. The van der Waals surface area contributed by atoms with Crippen molar-refractivity contribution in [3.8, 4) is 0 Å². The first kappa shape index (κ1) is 14.0. The summed E-state index contributed by atoms with van der Waals surface area (Å²) in [7, 11) is 1.92. The van der Waals surface area contributed by atoms with Gasteiger partial charge in [-0.15, -0.1) is 0 Å². The molecule has 0 amide bonds. The van der Waals surface area contributed by atoms with Gasteiger partial charge in [0.05, 0.1) is 24.4 Å². The second-order valence-electron chi connectivity index (χ2n) is 5.33. The smallest absolute Gasteiger partial charge is 0.0710 e. The van der Waals surface area contributed by atoms with E-state index in [1.54, 1.807) is 0 Å². The molecule has 0 aliphatic rings. The topological polar surface area (TPSA) is 58.3 Å². The van der Waals surface area contributed by atoms with E-state index in [9.17, 15) is 10.2 Å². The minimum atomic E-state index is -0.466. The first-order valence-corrected chi connectivity index (χ1v) is 6.78. The predicted octanol–water partition coefficient (Wildman–Crippen LogP) is 1.89. The van der Waals surface area contributed by atoms with E-state index in [2.05, 4.69) is 12.0 Å². The molecule has 2 aromatic rings. The van der Waals surface area contributed by atoms with Crippen LogP contribution in [0.1, 0.15) is 25.5 Å². The molecule has 0 saturated carbocycles. The number of aromatic nitrogens is 2. The molecule has 0 aliphatic heterocycles. The van der Waals surface area contributed by atoms with E-state index in [0.717, 1.165) is 29.4 Å². The number of nitrogens with zero attached hydrogens (tertiary/aromatic N) is 2. The first-order valence-electron chi connectivity index (χ1n) is 6.78. The molecule has 0 atom stereocenters. The SMILES string of the molecule is CCCC(CO)(CO)Cc1nn(C)c2ccccc12. The van der Waals surface area contributed by atoms with Gasteiger partial charge < -0.3 is 10.2 Å². The number of aliphatic hydroxyl groups excluding tert-OH is 2. The summed E-state index contributed by atoms with van der Waals surface area (Å²) in [6.07, 6.45) is 2.34. The van der Waals surface area contributed by atoms with E-state index in [1.165, 1.54) is 0 Å². The average Bonchev–Trinajstić information content (AvgIpc) is 2.75. The fourth-order valence-electron chi connectivity index (χ4n) is 2.71. The van der Waals surface area contributed by atoms with Crippen LogP contribution >= 0.6 is 0 Å². The third-order valence-electron chi connectivity index (χ3n) is 3.83. The van der Waals surface area contributed by atoms with Gasteiger partial charge >= 0.3 is 0 Å². The molecule has 2 rings (SSSR count). The van der Waals surface area contributed by atoms with Crippen molar-refractivity contribution in [2.24, 2.45) is 12.5 Å². The Morgan fingerprint density at radius 2 is 1.89 bits per heavy atom. The second kappa shape index (κ2) is 5.72. The molecule has 104 valence electrons. The lowest BCUT2D eigenvalue weighted by atomic mass is 9.80. The van der Waals surface area contributed by atoms with E-state index < -0.39 is 5.41 Å². The minimum absolute atomic E-state index is 0.0117. The Kier molecular flexibility index (Phi) is 4.22. The number of hydrogen-bond acceptors (Lipinski definition) is 3. The molecule has 2 N–H and O–H groups in total. The van der Waals surface area contributed by atoms with E-state index >= 15 is 0 Å². The van der Waals surface area contributed by atoms with Gasteiger partial charge in [0, 0.05) is 24.3 Å². The number of aliphatic hydroxyl groups is 2. The van der Waals surface area contributed by atoms with Crippen LogP contribution in [0.15, 0.2) is 24.3 Å². The third kappa shape index (κ3) is 2.65. The lowest BCUT2D eigenvalue weighted by Crippen LogP contribution is -2.32. The van der Waals surface area contributed by atoms with Crippen LogP contribution in [0.4, 0.5) is 0 Å². The number of aryl methyl sites for hydroxylation is 1. The van der Waals surface area contributed by atoms with Crippen LogP contribution in [-0.4, -0.2) is 33.2 Å². The highest BCUT2D eigenvalue weighted by Gasteiger charge is 2.30. The van der Waals surface area contributed by atoms with Crippen LogP contribution < -0.4 is 0 Å². The van der Waals surface area contributed by atoms with Crippen molar-refractivity contribution < 1.29 is 10.2 Å². The molecule has 0 aliphatic carbocycles. The van der Waals surface area contributed by atoms with Crippen molar-refractivity contribution in [3.05, 3.63) is 30.0 Å². The lowest BCUT2D eigenvalue weighted by Gasteiger charge is -2.28. The Bertz CT molecular complexity index is 544. The summed E-state index contributed by atoms with van der Waals surface area (Å²) in [6, 6.07) is 8.06. The fourth-order valence-corrected chi connectivity index (χ4v) is 2.71. The molecule has 4 nitrogen and oxygen atoms in total. The van der Waals surface area contributed by atoms with Crippen LogP contribution in [0.3, 0.4) is 0 Å². The van der Waals surface area contributed by atoms with Gasteiger partial charge in [-0.2, -0.15) is 5.10 Å². The van der Waals surface area contributed by atoms with Crippen LogP contribution in [0.5, 0.6) is 0 Å². The number of hydrogen-bond donors (Lipinski definition) is 2. The average molecular weight is 262 g/mol. The van der Waals surface area contributed by atoms with Crippen LogP contribution in [0, 0.1) is 5.41 Å². The van der Waals surface area contributed by atoms with Gasteiger partial charge in [0.2, 0.25) is 0 Å². The summed E-state index contributed by atoms with van der Waals surface area (Å²) < 4.78 is 1.86. The Morgan fingerprint density at radius 3 is 2.53 bits per heavy atom. The summed E-state index contributed by atoms with van der Waals surface area (Å²) in [5.41, 5.74) is 1.57. The third-order valence-corrected chi connectivity index (χ3v) is 3.83. The summed E-state index contributed by atoms with van der Waals surface area (Å²) >= 11 is 0. The molecule has 4 heteroatoms. The Morgan fingerprint density at radius 1 is 1.21 bits per heavy atom. The zero-order chi connectivity index (χ0) is 13.9. The molecular formula is C15H22N2O2. The van der Waals surface area contributed by atoms with Gasteiger partial charge in [-0.3, -0.25) is 4.68 Å². The monoisotopic (exact) mass is 262 g/mol. The highest BCUT2D eigenvalue weighted by molar-refractivity contribution is 5.81. The van der Waals surface area contributed by atoms with Gasteiger partial charge in [-0.25, -0.2) is 0 Å². The highest BCUT2D eigenvalue weighted by Crippen LogP contribution is 2.30. The zero-order valence-corrected chi connectivity index (χ0v) is 11.6. The summed E-state index contributed by atoms with van der Waals surface area (Å²) in [6.45, 7) is 2.04. The van der Waals surface area contributed by atoms with Crippen molar-refractivity contribution in [1.29, 1.82) is 0 Å². The van der Waals surface area contributed by atoms with Crippen molar-refractivity contribution in [2.75, 3.05) is 13.2 Å². The first-order chi connectivity index (χ1) is 9.15. The van der Waals surface area contributed by atoms with Crippen LogP contribution in [-0.2, 0) is 13.5 Å². The Balaban J connectivity index is 2.39. The van der Waals surface area contributed by atoms with Gasteiger partial charge in [0.1, 0.15) is 0 Å². The quantitative estimate of drug-likeness (QED) is 0.835.